The number of amides is 1. The first-order valence-corrected chi connectivity index (χ1v) is 7.47. The number of hydrogen-bond acceptors (Lipinski definition) is 4. The van der Waals surface area contributed by atoms with Gasteiger partial charge in [-0.1, -0.05) is 0 Å². The highest BCUT2D eigenvalue weighted by Gasteiger charge is 2.12. The minimum Gasteiger partial charge on any atom is -0.494 e. The summed E-state index contributed by atoms with van der Waals surface area (Å²) in [5, 5.41) is 7.81. The van der Waals surface area contributed by atoms with Crippen molar-refractivity contribution in [3.8, 4) is 5.75 Å². The van der Waals surface area contributed by atoms with Crippen molar-refractivity contribution in [2.75, 3.05) is 12.4 Å². The van der Waals surface area contributed by atoms with Gasteiger partial charge in [0.05, 0.1) is 25.2 Å². The van der Waals surface area contributed by atoms with Crippen molar-refractivity contribution < 1.29 is 13.9 Å². The maximum absolute atomic E-state index is 13.7. The van der Waals surface area contributed by atoms with E-state index in [4.69, 9.17) is 4.74 Å². The number of aromatic nitrogens is 3. The molecule has 0 radical (unpaired) electrons. The van der Waals surface area contributed by atoms with Crippen molar-refractivity contribution in [3.05, 3.63) is 48.0 Å². The number of methoxy groups -OCH3 is 1. The van der Waals surface area contributed by atoms with E-state index in [2.05, 4.69) is 15.4 Å². The molecule has 7 heteroatoms. The number of ether oxygens (including phenoxy) is 1. The van der Waals surface area contributed by atoms with Crippen molar-refractivity contribution in [1.82, 2.24) is 14.8 Å². The van der Waals surface area contributed by atoms with Gasteiger partial charge in [0, 0.05) is 17.0 Å². The molecule has 0 spiro atoms. The quantitative estimate of drug-likeness (QED) is 0.797. The van der Waals surface area contributed by atoms with Gasteiger partial charge in [-0.2, -0.15) is 5.10 Å². The molecule has 0 unspecified atom stereocenters. The molecule has 1 N–H and O–H groups in total. The lowest BCUT2D eigenvalue weighted by Crippen LogP contribution is -2.12. The Bertz CT molecular complexity index is 905. The molecule has 0 aliphatic carbocycles. The van der Waals surface area contributed by atoms with Gasteiger partial charge in [0.1, 0.15) is 0 Å². The predicted molar refractivity (Wildman–Crippen MR) is 88.8 cm³/mol. The van der Waals surface area contributed by atoms with E-state index in [0.717, 1.165) is 17.1 Å². The molecule has 3 aromatic rings. The summed E-state index contributed by atoms with van der Waals surface area (Å²) in [6, 6.07) is 6.03. The Balaban J connectivity index is 1.84. The fourth-order valence-electron chi connectivity index (χ4n) is 2.40. The summed E-state index contributed by atoms with van der Waals surface area (Å²) in [5.41, 5.74) is 1.47. The number of halogens is 1. The van der Waals surface area contributed by atoms with Crippen LogP contribution < -0.4 is 10.1 Å². The fraction of sp³-hybridized carbons (Fsp3) is 0.235. The van der Waals surface area contributed by atoms with Gasteiger partial charge in [0.2, 0.25) is 0 Å². The Kier molecular flexibility index (Phi) is 4.16. The van der Waals surface area contributed by atoms with Crippen LogP contribution in [0.5, 0.6) is 5.75 Å². The molecule has 2 aromatic heterocycles. The van der Waals surface area contributed by atoms with Gasteiger partial charge in [-0.25, -0.2) is 14.1 Å². The number of carbonyl (C=O) groups excluding carboxylic acids is 1. The van der Waals surface area contributed by atoms with E-state index in [1.807, 2.05) is 13.8 Å². The summed E-state index contributed by atoms with van der Waals surface area (Å²) in [6.45, 7) is 4.03. The van der Waals surface area contributed by atoms with Gasteiger partial charge in [-0.15, -0.1) is 0 Å². The van der Waals surface area contributed by atoms with Crippen LogP contribution in [-0.2, 0) is 0 Å². The summed E-state index contributed by atoms with van der Waals surface area (Å²) >= 11 is 0. The second kappa shape index (κ2) is 6.27. The average Bonchev–Trinajstić information content (AvgIpc) is 2.98. The van der Waals surface area contributed by atoms with E-state index < -0.39 is 11.7 Å². The smallest absolute Gasteiger partial charge is 0.255 e. The first-order chi connectivity index (χ1) is 11.5. The zero-order valence-corrected chi connectivity index (χ0v) is 13.6. The number of fused-ring (bicyclic) bond motifs is 1. The number of pyridine rings is 1. The maximum atomic E-state index is 13.7. The van der Waals surface area contributed by atoms with Crippen molar-refractivity contribution >= 4 is 22.6 Å². The molecule has 0 aliphatic heterocycles. The molecule has 0 aliphatic rings. The van der Waals surface area contributed by atoms with Crippen LogP contribution in [0.3, 0.4) is 0 Å². The minimum absolute atomic E-state index is 0.0933. The third-order valence-electron chi connectivity index (χ3n) is 3.59. The minimum atomic E-state index is -0.586. The van der Waals surface area contributed by atoms with Crippen molar-refractivity contribution in [3.63, 3.8) is 0 Å². The van der Waals surface area contributed by atoms with Gasteiger partial charge in [-0.05, 0) is 38.1 Å². The third kappa shape index (κ3) is 2.92. The molecule has 3 rings (SSSR count). The molecule has 2 heterocycles. The Morgan fingerprint density at radius 2 is 2.08 bits per heavy atom. The van der Waals surface area contributed by atoms with E-state index in [9.17, 15) is 9.18 Å². The standard InChI is InChI=1S/C17H17FN4O2/c1-10(2)22-16-12(8-20-22)6-13(9-19-16)21-17(23)11-4-5-15(24-3)14(18)7-11/h4-10H,1-3H3,(H,21,23). The van der Waals surface area contributed by atoms with Crippen LogP contribution in [0, 0.1) is 5.82 Å². The molecule has 0 fully saturated rings. The van der Waals surface area contributed by atoms with Gasteiger partial charge in [-0.3, -0.25) is 4.79 Å². The maximum Gasteiger partial charge on any atom is 0.255 e. The van der Waals surface area contributed by atoms with Crippen LogP contribution in [0.1, 0.15) is 30.2 Å². The van der Waals surface area contributed by atoms with Crippen LogP contribution in [-0.4, -0.2) is 27.8 Å². The largest absolute Gasteiger partial charge is 0.494 e. The number of rotatable bonds is 4. The summed E-state index contributed by atoms with van der Waals surface area (Å²) < 4.78 is 20.4. The van der Waals surface area contributed by atoms with E-state index in [0.29, 0.717) is 5.69 Å². The van der Waals surface area contributed by atoms with Crippen molar-refractivity contribution in [2.45, 2.75) is 19.9 Å². The lowest BCUT2D eigenvalue weighted by atomic mass is 10.2. The van der Waals surface area contributed by atoms with E-state index in [-0.39, 0.29) is 17.4 Å². The predicted octanol–water partition coefficient (Wildman–Crippen LogP) is 3.41. The molecule has 0 bridgehead atoms. The number of carbonyl (C=O) groups is 1. The molecule has 1 aromatic carbocycles. The average molecular weight is 328 g/mol. The lowest BCUT2D eigenvalue weighted by Gasteiger charge is -2.08. The van der Waals surface area contributed by atoms with Gasteiger partial charge in [0.15, 0.2) is 17.2 Å². The zero-order chi connectivity index (χ0) is 17.3. The summed E-state index contributed by atoms with van der Waals surface area (Å²) in [4.78, 5) is 16.6. The van der Waals surface area contributed by atoms with E-state index in [1.54, 1.807) is 23.1 Å². The molecule has 0 saturated carbocycles. The van der Waals surface area contributed by atoms with Crippen LogP contribution in [0.25, 0.3) is 11.0 Å². The number of benzene rings is 1. The summed E-state index contributed by atoms with van der Waals surface area (Å²) in [6.07, 6.45) is 3.26. The highest BCUT2D eigenvalue weighted by Crippen LogP contribution is 2.21. The van der Waals surface area contributed by atoms with Gasteiger partial charge >= 0.3 is 0 Å². The normalized spacial score (nSPS) is 11.0. The molecular weight excluding hydrogens is 311 g/mol. The molecule has 0 saturated heterocycles. The number of hydrogen-bond donors (Lipinski definition) is 1. The molecule has 0 atom stereocenters. The Hall–Kier alpha value is -2.96. The van der Waals surface area contributed by atoms with Crippen LogP contribution in [0.15, 0.2) is 36.7 Å². The fourth-order valence-corrected chi connectivity index (χ4v) is 2.40. The highest BCUT2D eigenvalue weighted by molar-refractivity contribution is 6.04. The summed E-state index contributed by atoms with van der Waals surface area (Å²) in [5.74, 6) is -0.915. The van der Waals surface area contributed by atoms with Crippen molar-refractivity contribution in [1.29, 1.82) is 0 Å². The third-order valence-corrected chi connectivity index (χ3v) is 3.59. The van der Waals surface area contributed by atoms with Gasteiger partial charge < -0.3 is 10.1 Å². The zero-order valence-electron chi connectivity index (χ0n) is 13.6. The van der Waals surface area contributed by atoms with E-state index >= 15 is 0 Å². The van der Waals surface area contributed by atoms with Crippen molar-refractivity contribution in [2.24, 2.45) is 0 Å². The Labute approximate surface area is 138 Å². The Morgan fingerprint density at radius 1 is 1.29 bits per heavy atom. The highest BCUT2D eigenvalue weighted by atomic mass is 19.1. The molecular formula is C17H17FN4O2. The monoisotopic (exact) mass is 328 g/mol. The molecule has 124 valence electrons. The van der Waals surface area contributed by atoms with Crippen LogP contribution in [0.4, 0.5) is 10.1 Å². The van der Waals surface area contributed by atoms with Crippen LogP contribution >= 0.6 is 0 Å². The Morgan fingerprint density at radius 3 is 2.75 bits per heavy atom. The summed E-state index contributed by atoms with van der Waals surface area (Å²) in [7, 11) is 1.37. The number of nitrogens with one attached hydrogen (secondary N) is 1. The van der Waals surface area contributed by atoms with Gasteiger partial charge in [0.25, 0.3) is 5.91 Å². The topological polar surface area (TPSA) is 69.0 Å². The second-order valence-corrected chi connectivity index (χ2v) is 5.62. The molecule has 1 amide bonds. The van der Waals surface area contributed by atoms with E-state index in [1.165, 1.54) is 19.2 Å². The first-order valence-electron chi connectivity index (χ1n) is 7.47. The second-order valence-electron chi connectivity index (χ2n) is 5.62. The molecule has 24 heavy (non-hydrogen) atoms. The van der Waals surface area contributed by atoms with Crippen LogP contribution in [0.2, 0.25) is 0 Å². The first kappa shape index (κ1) is 15.9. The lowest BCUT2D eigenvalue weighted by molar-refractivity contribution is 0.102. The number of nitrogens with zero attached hydrogens (tertiary/aromatic N) is 3. The number of anilines is 1. The SMILES string of the molecule is COc1ccc(C(=O)Nc2cnc3c(cnn3C(C)C)c2)cc1F. The molecule has 6 nitrogen and oxygen atoms in total.